The summed E-state index contributed by atoms with van der Waals surface area (Å²) in [7, 11) is 1.22. The van der Waals surface area contributed by atoms with E-state index in [9.17, 15) is 14.7 Å². The third-order valence-electron chi connectivity index (χ3n) is 2.45. The van der Waals surface area contributed by atoms with Crippen LogP contribution in [-0.2, 0) is 14.3 Å². The van der Waals surface area contributed by atoms with Gasteiger partial charge in [0.25, 0.3) is 0 Å². The summed E-state index contributed by atoms with van der Waals surface area (Å²) < 4.78 is 9.57. The van der Waals surface area contributed by atoms with Gasteiger partial charge in [-0.3, -0.25) is 0 Å². The third kappa shape index (κ3) is 3.59. The lowest BCUT2D eigenvalue weighted by atomic mass is 9.94. The number of carbonyl (C=O) groups is 2. The van der Waals surface area contributed by atoms with Crippen LogP contribution in [-0.4, -0.2) is 54.0 Å². The molecule has 6 heteroatoms. The number of nitrogens with zero attached hydrogens (tertiary/aromatic N) is 1. The zero-order valence-electron chi connectivity index (χ0n) is 10.6. The third-order valence-corrected chi connectivity index (χ3v) is 2.45. The molecule has 1 amide bonds. The lowest BCUT2D eigenvalue weighted by molar-refractivity contribution is -0.157. The van der Waals surface area contributed by atoms with Crippen LogP contribution < -0.4 is 0 Å². The Bertz CT molecular complexity index is 303. The summed E-state index contributed by atoms with van der Waals surface area (Å²) in [5.41, 5.74) is -0.539. The van der Waals surface area contributed by atoms with Crippen molar-refractivity contribution in [3.8, 4) is 0 Å². The summed E-state index contributed by atoms with van der Waals surface area (Å²) in [6.45, 7) is 5.97. The van der Waals surface area contributed by atoms with Gasteiger partial charge < -0.3 is 19.5 Å². The number of ether oxygens (including phenoxy) is 2. The molecule has 1 N–H and O–H groups in total. The molecule has 1 unspecified atom stereocenters. The van der Waals surface area contributed by atoms with Crippen molar-refractivity contribution < 1.29 is 24.2 Å². The first-order valence-corrected chi connectivity index (χ1v) is 5.48. The lowest BCUT2D eigenvalue weighted by Crippen LogP contribution is -2.57. The van der Waals surface area contributed by atoms with Crippen molar-refractivity contribution in [1.82, 2.24) is 4.90 Å². The second-order valence-corrected chi connectivity index (χ2v) is 5.11. The number of hydrogen-bond donors (Lipinski definition) is 1. The van der Waals surface area contributed by atoms with Crippen LogP contribution in [0.2, 0.25) is 0 Å². The highest BCUT2D eigenvalue weighted by molar-refractivity contribution is 5.76. The van der Waals surface area contributed by atoms with E-state index >= 15 is 0 Å². The van der Waals surface area contributed by atoms with Crippen molar-refractivity contribution in [2.24, 2.45) is 5.92 Å². The Hall–Kier alpha value is -1.30. The summed E-state index contributed by atoms with van der Waals surface area (Å²) in [6, 6.07) is 0. The molecular formula is C11H19NO5. The Kier molecular flexibility index (Phi) is 3.98. The van der Waals surface area contributed by atoms with Gasteiger partial charge in [-0.15, -0.1) is 0 Å². The van der Waals surface area contributed by atoms with Crippen LogP contribution in [0.25, 0.3) is 0 Å². The minimum atomic E-state index is -1.17. The first-order valence-electron chi connectivity index (χ1n) is 5.48. The fraction of sp³-hybridized carbons (Fsp3) is 0.818. The van der Waals surface area contributed by atoms with E-state index in [1.807, 2.05) is 0 Å². The standard InChI is InChI=1S/C11H19NO5/c1-11(2,3)17-10(15)12-5-7(6-12)8(13)9(14)16-4/h7-8,13H,5-6H2,1-4H3. The average molecular weight is 245 g/mol. The molecule has 0 saturated carbocycles. The molecule has 1 atom stereocenters. The van der Waals surface area contributed by atoms with Gasteiger partial charge in [-0.05, 0) is 20.8 Å². The number of rotatable bonds is 2. The zero-order valence-corrected chi connectivity index (χ0v) is 10.6. The summed E-state index contributed by atoms with van der Waals surface area (Å²) in [5, 5.41) is 9.52. The fourth-order valence-corrected chi connectivity index (χ4v) is 1.50. The Morgan fingerprint density at radius 3 is 2.29 bits per heavy atom. The Morgan fingerprint density at radius 1 is 1.35 bits per heavy atom. The maximum atomic E-state index is 11.6. The van der Waals surface area contributed by atoms with Crippen LogP contribution in [0.1, 0.15) is 20.8 Å². The van der Waals surface area contributed by atoms with E-state index in [0.717, 1.165) is 0 Å². The maximum Gasteiger partial charge on any atom is 0.410 e. The second kappa shape index (κ2) is 4.91. The summed E-state index contributed by atoms with van der Waals surface area (Å²) in [5.74, 6) is -0.936. The smallest absolute Gasteiger partial charge is 0.410 e. The molecule has 0 aromatic rings. The van der Waals surface area contributed by atoms with Crippen LogP contribution in [0.4, 0.5) is 4.79 Å². The number of aliphatic hydroxyl groups is 1. The molecule has 1 fully saturated rings. The summed E-state index contributed by atoms with van der Waals surface area (Å²) in [4.78, 5) is 24.0. The van der Waals surface area contributed by atoms with E-state index in [-0.39, 0.29) is 5.92 Å². The van der Waals surface area contributed by atoms with E-state index in [4.69, 9.17) is 4.74 Å². The number of methoxy groups -OCH3 is 1. The van der Waals surface area contributed by atoms with Crippen molar-refractivity contribution in [2.75, 3.05) is 20.2 Å². The van der Waals surface area contributed by atoms with E-state index in [2.05, 4.69) is 4.74 Å². The van der Waals surface area contributed by atoms with Crippen molar-refractivity contribution in [2.45, 2.75) is 32.5 Å². The number of esters is 1. The van der Waals surface area contributed by atoms with Crippen LogP contribution in [0.15, 0.2) is 0 Å². The minimum absolute atomic E-state index is 0.269. The molecule has 1 rings (SSSR count). The highest BCUT2D eigenvalue weighted by atomic mass is 16.6. The number of carbonyl (C=O) groups excluding carboxylic acids is 2. The fourth-order valence-electron chi connectivity index (χ4n) is 1.50. The largest absolute Gasteiger partial charge is 0.467 e. The molecule has 0 aliphatic carbocycles. The van der Waals surface area contributed by atoms with Gasteiger partial charge in [0.1, 0.15) is 5.60 Å². The lowest BCUT2D eigenvalue weighted by Gasteiger charge is -2.40. The number of hydrogen-bond acceptors (Lipinski definition) is 5. The highest BCUT2D eigenvalue weighted by Gasteiger charge is 2.40. The molecular weight excluding hydrogens is 226 g/mol. The van der Waals surface area contributed by atoms with Gasteiger partial charge in [0.05, 0.1) is 7.11 Å². The van der Waals surface area contributed by atoms with Gasteiger partial charge in [-0.25, -0.2) is 9.59 Å². The quantitative estimate of drug-likeness (QED) is 0.712. The van der Waals surface area contributed by atoms with Crippen LogP contribution in [0.5, 0.6) is 0 Å². The molecule has 1 aliphatic heterocycles. The molecule has 6 nitrogen and oxygen atoms in total. The van der Waals surface area contributed by atoms with E-state index in [1.165, 1.54) is 12.0 Å². The van der Waals surface area contributed by atoms with Crippen molar-refractivity contribution in [3.63, 3.8) is 0 Å². The average Bonchev–Trinajstić information content (AvgIpc) is 2.10. The van der Waals surface area contributed by atoms with Crippen LogP contribution in [0.3, 0.4) is 0 Å². The van der Waals surface area contributed by atoms with Crippen molar-refractivity contribution >= 4 is 12.1 Å². The van der Waals surface area contributed by atoms with Crippen LogP contribution >= 0.6 is 0 Å². The highest BCUT2D eigenvalue weighted by Crippen LogP contribution is 2.22. The molecule has 0 bridgehead atoms. The molecule has 1 saturated heterocycles. The molecule has 98 valence electrons. The van der Waals surface area contributed by atoms with Gasteiger partial charge in [0.15, 0.2) is 6.10 Å². The van der Waals surface area contributed by atoms with E-state index < -0.39 is 23.8 Å². The molecule has 0 spiro atoms. The van der Waals surface area contributed by atoms with Gasteiger partial charge >= 0.3 is 12.1 Å². The SMILES string of the molecule is COC(=O)C(O)C1CN(C(=O)OC(C)(C)C)C1. The molecule has 0 radical (unpaired) electrons. The number of likely N-dealkylation sites (tertiary alicyclic amines) is 1. The molecule has 1 aliphatic rings. The van der Waals surface area contributed by atoms with Gasteiger partial charge in [0, 0.05) is 19.0 Å². The molecule has 17 heavy (non-hydrogen) atoms. The van der Waals surface area contributed by atoms with Gasteiger partial charge in [0.2, 0.25) is 0 Å². The maximum absolute atomic E-state index is 11.6. The Labute approximate surface area is 100 Å². The predicted molar refractivity (Wildman–Crippen MR) is 59.3 cm³/mol. The molecule has 1 heterocycles. The molecule has 0 aromatic carbocycles. The monoisotopic (exact) mass is 245 g/mol. The topological polar surface area (TPSA) is 76.1 Å². The first-order chi connectivity index (χ1) is 7.74. The van der Waals surface area contributed by atoms with Crippen molar-refractivity contribution in [3.05, 3.63) is 0 Å². The van der Waals surface area contributed by atoms with E-state index in [1.54, 1.807) is 20.8 Å². The predicted octanol–water partition coefficient (Wildman–Crippen LogP) is 0.387. The number of amides is 1. The summed E-state index contributed by atoms with van der Waals surface area (Å²) >= 11 is 0. The van der Waals surface area contributed by atoms with Crippen molar-refractivity contribution in [1.29, 1.82) is 0 Å². The zero-order chi connectivity index (χ0) is 13.2. The van der Waals surface area contributed by atoms with Gasteiger partial charge in [-0.2, -0.15) is 0 Å². The minimum Gasteiger partial charge on any atom is -0.467 e. The van der Waals surface area contributed by atoms with Gasteiger partial charge in [-0.1, -0.05) is 0 Å². The first kappa shape index (κ1) is 13.8. The summed E-state index contributed by atoms with van der Waals surface area (Å²) in [6.07, 6.45) is -1.59. The second-order valence-electron chi connectivity index (χ2n) is 5.11. The number of aliphatic hydroxyl groups excluding tert-OH is 1. The molecule has 0 aromatic heterocycles. The van der Waals surface area contributed by atoms with E-state index in [0.29, 0.717) is 13.1 Å². The van der Waals surface area contributed by atoms with Crippen LogP contribution in [0, 0.1) is 5.92 Å². The normalized spacial score (nSPS) is 18.3. The Morgan fingerprint density at radius 2 is 1.88 bits per heavy atom. The Balaban J connectivity index is 2.37.